The molecule has 1 atom stereocenters. The molecule has 2 N–H and O–H groups in total. The van der Waals surface area contributed by atoms with E-state index < -0.39 is 0 Å². The number of nitrogens with zero attached hydrogens (tertiary/aromatic N) is 4. The predicted octanol–water partition coefficient (Wildman–Crippen LogP) is 1.73. The number of aromatic nitrogens is 4. The van der Waals surface area contributed by atoms with Gasteiger partial charge >= 0.3 is 0 Å². The molecule has 2 rings (SSSR count). The third-order valence-electron chi connectivity index (χ3n) is 2.70. The summed E-state index contributed by atoms with van der Waals surface area (Å²) in [5.74, 6) is 0.731. The van der Waals surface area contributed by atoms with Gasteiger partial charge in [0.15, 0.2) is 5.82 Å². The molecule has 0 aliphatic rings. The standard InChI is InChI=1S/C11H17N5S/c1-8(12)10-13-14-15-16(10)7-11(2,3)9-5-4-6-17-9/h4-6,8H,7,12H2,1-3H3. The Kier molecular flexibility index (Phi) is 3.26. The Labute approximate surface area is 105 Å². The summed E-state index contributed by atoms with van der Waals surface area (Å²) in [6.07, 6.45) is 0. The monoisotopic (exact) mass is 251 g/mol. The van der Waals surface area contributed by atoms with E-state index in [4.69, 9.17) is 5.73 Å². The van der Waals surface area contributed by atoms with Gasteiger partial charge in [-0.3, -0.25) is 0 Å². The molecule has 0 fully saturated rings. The van der Waals surface area contributed by atoms with Gasteiger partial charge in [0, 0.05) is 10.3 Å². The van der Waals surface area contributed by atoms with Crippen molar-refractivity contribution in [2.24, 2.45) is 5.73 Å². The molecule has 0 saturated heterocycles. The van der Waals surface area contributed by atoms with Gasteiger partial charge in [-0.25, -0.2) is 4.68 Å². The lowest BCUT2D eigenvalue weighted by Crippen LogP contribution is -2.27. The van der Waals surface area contributed by atoms with Crippen molar-refractivity contribution >= 4 is 11.3 Å². The average Bonchev–Trinajstić information content (AvgIpc) is 2.85. The molecule has 0 radical (unpaired) electrons. The largest absolute Gasteiger partial charge is 0.322 e. The van der Waals surface area contributed by atoms with Gasteiger partial charge in [0.25, 0.3) is 0 Å². The summed E-state index contributed by atoms with van der Waals surface area (Å²) in [5.41, 5.74) is 5.84. The lowest BCUT2D eigenvalue weighted by Gasteiger charge is -2.23. The van der Waals surface area contributed by atoms with Crippen molar-refractivity contribution in [3.63, 3.8) is 0 Å². The highest BCUT2D eigenvalue weighted by Crippen LogP contribution is 2.29. The highest BCUT2D eigenvalue weighted by Gasteiger charge is 2.25. The molecule has 92 valence electrons. The highest BCUT2D eigenvalue weighted by atomic mass is 32.1. The maximum atomic E-state index is 5.84. The minimum Gasteiger partial charge on any atom is -0.322 e. The molecule has 2 aromatic rings. The number of tetrazole rings is 1. The van der Waals surface area contributed by atoms with Gasteiger partial charge in [-0.05, 0) is 28.8 Å². The van der Waals surface area contributed by atoms with Crippen LogP contribution < -0.4 is 5.73 Å². The molecule has 2 heterocycles. The molecule has 0 spiro atoms. The van der Waals surface area contributed by atoms with E-state index in [1.807, 2.05) is 6.92 Å². The maximum absolute atomic E-state index is 5.84. The lowest BCUT2D eigenvalue weighted by atomic mass is 9.91. The fraction of sp³-hybridized carbons (Fsp3) is 0.545. The van der Waals surface area contributed by atoms with Gasteiger partial charge in [0.2, 0.25) is 0 Å². The third-order valence-corrected chi connectivity index (χ3v) is 3.94. The van der Waals surface area contributed by atoms with E-state index in [0.717, 1.165) is 12.4 Å². The molecule has 0 aliphatic heterocycles. The van der Waals surface area contributed by atoms with Crippen molar-refractivity contribution in [2.45, 2.75) is 38.8 Å². The summed E-state index contributed by atoms with van der Waals surface area (Å²) in [4.78, 5) is 1.32. The molecule has 5 nitrogen and oxygen atoms in total. The Morgan fingerprint density at radius 3 is 2.88 bits per heavy atom. The summed E-state index contributed by atoms with van der Waals surface area (Å²) >= 11 is 1.75. The predicted molar refractivity (Wildman–Crippen MR) is 67.8 cm³/mol. The van der Waals surface area contributed by atoms with E-state index >= 15 is 0 Å². The van der Waals surface area contributed by atoms with Crippen molar-refractivity contribution < 1.29 is 0 Å². The van der Waals surface area contributed by atoms with Crippen molar-refractivity contribution in [3.8, 4) is 0 Å². The molecule has 0 saturated carbocycles. The molecule has 1 unspecified atom stereocenters. The Morgan fingerprint density at radius 1 is 1.53 bits per heavy atom. The summed E-state index contributed by atoms with van der Waals surface area (Å²) in [5, 5.41) is 13.8. The first-order valence-electron chi connectivity index (χ1n) is 5.56. The van der Waals surface area contributed by atoms with Crippen molar-refractivity contribution in [1.29, 1.82) is 0 Å². The Bertz CT molecular complexity index is 472. The van der Waals surface area contributed by atoms with E-state index in [0.29, 0.717) is 0 Å². The van der Waals surface area contributed by atoms with Crippen molar-refractivity contribution in [2.75, 3.05) is 0 Å². The second-order valence-corrected chi connectivity index (χ2v) is 5.79. The smallest absolute Gasteiger partial charge is 0.167 e. The zero-order chi connectivity index (χ0) is 12.5. The Morgan fingerprint density at radius 2 is 2.29 bits per heavy atom. The molecule has 0 aromatic carbocycles. The van der Waals surface area contributed by atoms with Crippen LogP contribution in [0.5, 0.6) is 0 Å². The van der Waals surface area contributed by atoms with Crippen LogP contribution in [0.1, 0.15) is 37.5 Å². The topological polar surface area (TPSA) is 69.6 Å². The number of hydrogen-bond acceptors (Lipinski definition) is 5. The minimum atomic E-state index is -0.149. The molecule has 0 amide bonds. The molecule has 2 aromatic heterocycles. The third kappa shape index (κ3) is 2.53. The summed E-state index contributed by atoms with van der Waals surface area (Å²) in [6.45, 7) is 6.99. The first-order chi connectivity index (χ1) is 8.00. The first-order valence-corrected chi connectivity index (χ1v) is 6.44. The highest BCUT2D eigenvalue weighted by molar-refractivity contribution is 7.10. The Balaban J connectivity index is 2.23. The van der Waals surface area contributed by atoms with Crippen LogP contribution in [0.4, 0.5) is 0 Å². The maximum Gasteiger partial charge on any atom is 0.167 e. The Hall–Kier alpha value is -1.27. The van der Waals surface area contributed by atoms with Crippen LogP contribution in [0.2, 0.25) is 0 Å². The van der Waals surface area contributed by atoms with E-state index in [2.05, 4.69) is 46.9 Å². The fourth-order valence-electron chi connectivity index (χ4n) is 1.77. The van der Waals surface area contributed by atoms with Crippen LogP contribution >= 0.6 is 11.3 Å². The van der Waals surface area contributed by atoms with Gasteiger partial charge in [0.1, 0.15) is 0 Å². The summed E-state index contributed by atoms with van der Waals surface area (Å²) < 4.78 is 1.80. The van der Waals surface area contributed by atoms with Crippen LogP contribution in [0, 0.1) is 0 Å². The lowest BCUT2D eigenvalue weighted by molar-refractivity contribution is 0.393. The zero-order valence-electron chi connectivity index (χ0n) is 10.3. The fourth-order valence-corrected chi connectivity index (χ4v) is 2.61. The van der Waals surface area contributed by atoms with E-state index in [9.17, 15) is 0 Å². The molecular weight excluding hydrogens is 234 g/mol. The normalized spacial score (nSPS) is 13.9. The molecule has 0 bridgehead atoms. The SMILES string of the molecule is CC(N)c1nnnn1CC(C)(C)c1cccs1. The molecule has 17 heavy (non-hydrogen) atoms. The van der Waals surface area contributed by atoms with E-state index in [-0.39, 0.29) is 11.5 Å². The first kappa shape index (κ1) is 12.2. The zero-order valence-corrected chi connectivity index (χ0v) is 11.1. The van der Waals surface area contributed by atoms with Crippen molar-refractivity contribution in [3.05, 3.63) is 28.2 Å². The molecule has 0 aliphatic carbocycles. The van der Waals surface area contributed by atoms with Gasteiger partial charge in [-0.15, -0.1) is 16.4 Å². The summed E-state index contributed by atoms with van der Waals surface area (Å²) in [7, 11) is 0. The van der Waals surface area contributed by atoms with Gasteiger partial charge in [-0.2, -0.15) is 0 Å². The average molecular weight is 251 g/mol. The van der Waals surface area contributed by atoms with Crippen LogP contribution in [0.15, 0.2) is 17.5 Å². The number of nitrogens with two attached hydrogens (primary N) is 1. The minimum absolute atomic E-state index is 0.00713. The molecular formula is C11H17N5S. The number of hydrogen-bond donors (Lipinski definition) is 1. The molecule has 6 heteroatoms. The van der Waals surface area contributed by atoms with Crippen LogP contribution in [-0.4, -0.2) is 20.2 Å². The van der Waals surface area contributed by atoms with Gasteiger partial charge in [0.05, 0.1) is 12.6 Å². The number of rotatable bonds is 4. The van der Waals surface area contributed by atoms with E-state index in [1.165, 1.54) is 4.88 Å². The van der Waals surface area contributed by atoms with E-state index in [1.54, 1.807) is 16.0 Å². The van der Waals surface area contributed by atoms with Crippen LogP contribution in [-0.2, 0) is 12.0 Å². The van der Waals surface area contributed by atoms with Crippen molar-refractivity contribution in [1.82, 2.24) is 20.2 Å². The van der Waals surface area contributed by atoms with Gasteiger partial charge in [-0.1, -0.05) is 19.9 Å². The summed E-state index contributed by atoms with van der Waals surface area (Å²) in [6, 6.07) is 4.05. The second-order valence-electron chi connectivity index (χ2n) is 4.84. The van der Waals surface area contributed by atoms with Crippen LogP contribution in [0.3, 0.4) is 0 Å². The second kappa shape index (κ2) is 4.54. The quantitative estimate of drug-likeness (QED) is 0.898. The number of thiophene rings is 1. The van der Waals surface area contributed by atoms with Gasteiger partial charge < -0.3 is 5.73 Å². The van der Waals surface area contributed by atoms with Crippen LogP contribution in [0.25, 0.3) is 0 Å².